The number of benzene rings is 2. The minimum absolute atomic E-state index is 0.0756. The monoisotopic (exact) mass is 258 g/mol. The molecule has 0 aliphatic carbocycles. The van der Waals surface area contributed by atoms with Gasteiger partial charge in [0.05, 0.1) is 0 Å². The minimum Gasteiger partial charge on any atom is -0.508 e. The summed E-state index contributed by atoms with van der Waals surface area (Å²) in [6, 6.07) is 9.48. The zero-order chi connectivity index (χ0) is 14.0. The van der Waals surface area contributed by atoms with Gasteiger partial charge in [-0.2, -0.15) is 0 Å². The van der Waals surface area contributed by atoms with E-state index >= 15 is 0 Å². The molecule has 4 nitrogen and oxygen atoms in total. The topological polar surface area (TPSA) is 77.8 Å². The number of hydrogen-bond donors (Lipinski definition) is 3. The zero-order valence-corrected chi connectivity index (χ0v) is 10.4. The summed E-state index contributed by atoms with van der Waals surface area (Å²) in [7, 11) is 0. The first-order valence-corrected chi connectivity index (χ1v) is 5.81. The Bertz CT molecular complexity index is 592. The van der Waals surface area contributed by atoms with E-state index in [0.717, 1.165) is 23.3 Å². The summed E-state index contributed by atoms with van der Waals surface area (Å²) >= 11 is 0. The fraction of sp³-hybridized carbons (Fsp3) is 0.133. The van der Waals surface area contributed by atoms with Crippen molar-refractivity contribution in [2.45, 2.75) is 13.3 Å². The predicted molar refractivity (Wildman–Crippen MR) is 70.6 cm³/mol. The van der Waals surface area contributed by atoms with Crippen LogP contribution in [-0.2, 0) is 6.42 Å². The smallest absolute Gasteiger partial charge is 0.174 e. The third-order valence-electron chi connectivity index (χ3n) is 2.85. The number of carbonyl (C=O) groups excluding carboxylic acids is 1. The number of aryl methyl sites for hydroxylation is 1. The van der Waals surface area contributed by atoms with Crippen molar-refractivity contribution in [3.8, 4) is 17.2 Å². The van der Waals surface area contributed by atoms with Gasteiger partial charge in [0.2, 0.25) is 0 Å². The van der Waals surface area contributed by atoms with Crippen molar-refractivity contribution in [1.29, 1.82) is 0 Å². The van der Waals surface area contributed by atoms with Crippen LogP contribution in [0.4, 0.5) is 0 Å². The standard InChI is InChI=1S/C15H14O4/c1-9-2-4-10(5-3-9)6-12(17)15-13(18)7-11(16)8-14(15)19/h2-5,7-8,16,18-19H,6H2,1H3. The molecule has 0 spiro atoms. The normalized spacial score (nSPS) is 10.4. The number of hydrogen-bond acceptors (Lipinski definition) is 4. The zero-order valence-electron chi connectivity index (χ0n) is 10.4. The molecule has 0 aliphatic rings. The summed E-state index contributed by atoms with van der Waals surface area (Å²) < 4.78 is 0. The first-order valence-electron chi connectivity index (χ1n) is 5.81. The number of aromatic hydroxyl groups is 3. The molecule has 2 aromatic carbocycles. The first kappa shape index (κ1) is 13.0. The number of phenols is 3. The molecule has 0 bridgehead atoms. The molecule has 98 valence electrons. The van der Waals surface area contributed by atoms with E-state index in [9.17, 15) is 20.1 Å². The summed E-state index contributed by atoms with van der Waals surface area (Å²) in [6.07, 6.45) is 0.0756. The molecule has 0 atom stereocenters. The molecule has 0 amide bonds. The number of carbonyl (C=O) groups is 1. The SMILES string of the molecule is Cc1ccc(CC(=O)c2c(O)cc(O)cc2O)cc1. The van der Waals surface area contributed by atoms with Gasteiger partial charge in [0, 0.05) is 18.6 Å². The Morgan fingerprint density at radius 1 is 1.00 bits per heavy atom. The summed E-state index contributed by atoms with van der Waals surface area (Å²) in [5, 5.41) is 28.4. The van der Waals surface area contributed by atoms with Gasteiger partial charge in [0.15, 0.2) is 5.78 Å². The Morgan fingerprint density at radius 2 is 1.53 bits per heavy atom. The maximum atomic E-state index is 12.1. The predicted octanol–water partition coefficient (Wildman–Crippen LogP) is 2.54. The van der Waals surface area contributed by atoms with Gasteiger partial charge in [0.1, 0.15) is 22.8 Å². The molecule has 0 saturated heterocycles. The number of ketones is 1. The van der Waals surface area contributed by atoms with E-state index in [0.29, 0.717) is 0 Å². The fourth-order valence-corrected chi connectivity index (χ4v) is 1.86. The van der Waals surface area contributed by atoms with Gasteiger partial charge in [-0.3, -0.25) is 4.79 Å². The number of Topliss-reactive ketones (excluding diaryl/α,β-unsaturated/α-hetero) is 1. The highest BCUT2D eigenvalue weighted by molar-refractivity contribution is 6.02. The third-order valence-corrected chi connectivity index (χ3v) is 2.85. The summed E-state index contributed by atoms with van der Waals surface area (Å²) in [5.74, 6) is -1.54. The molecule has 4 heteroatoms. The molecule has 2 rings (SSSR count). The van der Waals surface area contributed by atoms with Crippen LogP contribution in [0.3, 0.4) is 0 Å². The Kier molecular flexibility index (Phi) is 3.42. The van der Waals surface area contributed by atoms with Crippen LogP contribution >= 0.6 is 0 Å². The van der Waals surface area contributed by atoms with E-state index in [1.807, 2.05) is 31.2 Å². The Balaban J connectivity index is 2.28. The van der Waals surface area contributed by atoms with Crippen molar-refractivity contribution in [2.24, 2.45) is 0 Å². The van der Waals surface area contributed by atoms with E-state index in [2.05, 4.69) is 0 Å². The van der Waals surface area contributed by atoms with Crippen molar-refractivity contribution in [3.05, 3.63) is 53.1 Å². The van der Waals surface area contributed by atoms with Crippen LogP contribution in [0, 0.1) is 6.92 Å². The lowest BCUT2D eigenvalue weighted by molar-refractivity contribution is 0.0987. The second-order valence-electron chi connectivity index (χ2n) is 4.44. The second kappa shape index (κ2) is 5.02. The van der Waals surface area contributed by atoms with E-state index in [1.165, 1.54) is 0 Å². The molecule has 0 fully saturated rings. The van der Waals surface area contributed by atoms with Crippen LogP contribution in [0.15, 0.2) is 36.4 Å². The van der Waals surface area contributed by atoms with Crippen molar-refractivity contribution < 1.29 is 20.1 Å². The Hall–Kier alpha value is -2.49. The van der Waals surface area contributed by atoms with Crippen molar-refractivity contribution in [1.82, 2.24) is 0 Å². The van der Waals surface area contributed by atoms with Gasteiger partial charge >= 0.3 is 0 Å². The molecule has 3 N–H and O–H groups in total. The molecule has 2 aromatic rings. The minimum atomic E-state index is -0.422. The van der Waals surface area contributed by atoms with Crippen LogP contribution in [0.2, 0.25) is 0 Å². The maximum Gasteiger partial charge on any atom is 0.174 e. The van der Waals surface area contributed by atoms with Crippen molar-refractivity contribution >= 4 is 5.78 Å². The molecule has 19 heavy (non-hydrogen) atoms. The molecular formula is C15H14O4. The molecule has 0 heterocycles. The summed E-state index contributed by atoms with van der Waals surface area (Å²) in [4.78, 5) is 12.1. The number of rotatable bonds is 3. The van der Waals surface area contributed by atoms with E-state index in [4.69, 9.17) is 0 Å². The Morgan fingerprint density at radius 3 is 2.05 bits per heavy atom. The molecular weight excluding hydrogens is 244 g/mol. The van der Waals surface area contributed by atoms with Gasteiger partial charge in [-0.1, -0.05) is 29.8 Å². The lowest BCUT2D eigenvalue weighted by Gasteiger charge is -2.07. The van der Waals surface area contributed by atoms with Crippen LogP contribution in [0.25, 0.3) is 0 Å². The summed E-state index contributed by atoms with van der Waals surface area (Å²) in [5.41, 5.74) is 1.72. The highest BCUT2D eigenvalue weighted by Crippen LogP contribution is 2.32. The molecule has 0 aliphatic heterocycles. The van der Waals surface area contributed by atoms with Crippen LogP contribution in [0.5, 0.6) is 17.2 Å². The van der Waals surface area contributed by atoms with Gasteiger partial charge < -0.3 is 15.3 Å². The maximum absolute atomic E-state index is 12.1. The molecule has 0 unspecified atom stereocenters. The second-order valence-corrected chi connectivity index (χ2v) is 4.44. The number of phenolic OH excluding ortho intramolecular Hbond substituents is 3. The molecule has 0 aromatic heterocycles. The van der Waals surface area contributed by atoms with E-state index in [1.54, 1.807) is 0 Å². The van der Waals surface area contributed by atoms with Crippen molar-refractivity contribution in [2.75, 3.05) is 0 Å². The van der Waals surface area contributed by atoms with E-state index < -0.39 is 17.3 Å². The summed E-state index contributed by atoms with van der Waals surface area (Å²) in [6.45, 7) is 1.95. The van der Waals surface area contributed by atoms with E-state index in [-0.39, 0.29) is 17.7 Å². The van der Waals surface area contributed by atoms with Gasteiger partial charge in [-0.15, -0.1) is 0 Å². The van der Waals surface area contributed by atoms with Crippen LogP contribution in [0.1, 0.15) is 21.5 Å². The molecule has 0 saturated carbocycles. The Labute approximate surface area is 110 Å². The lowest BCUT2D eigenvalue weighted by atomic mass is 10.0. The lowest BCUT2D eigenvalue weighted by Crippen LogP contribution is -2.04. The van der Waals surface area contributed by atoms with Crippen LogP contribution < -0.4 is 0 Å². The van der Waals surface area contributed by atoms with Gasteiger partial charge in [-0.05, 0) is 12.5 Å². The first-order chi connectivity index (χ1) is 8.97. The fourth-order valence-electron chi connectivity index (χ4n) is 1.86. The van der Waals surface area contributed by atoms with Gasteiger partial charge in [-0.25, -0.2) is 0 Å². The average molecular weight is 258 g/mol. The van der Waals surface area contributed by atoms with Crippen LogP contribution in [-0.4, -0.2) is 21.1 Å². The van der Waals surface area contributed by atoms with Gasteiger partial charge in [0.25, 0.3) is 0 Å². The largest absolute Gasteiger partial charge is 0.508 e. The average Bonchev–Trinajstić information content (AvgIpc) is 2.30. The highest BCUT2D eigenvalue weighted by atomic mass is 16.3. The molecule has 0 radical (unpaired) electrons. The van der Waals surface area contributed by atoms with Crippen molar-refractivity contribution in [3.63, 3.8) is 0 Å². The quantitative estimate of drug-likeness (QED) is 0.739. The highest BCUT2D eigenvalue weighted by Gasteiger charge is 2.17. The third kappa shape index (κ3) is 2.85.